The van der Waals surface area contributed by atoms with Gasteiger partial charge in [0.2, 0.25) is 10.0 Å². The lowest BCUT2D eigenvalue weighted by Crippen LogP contribution is -2.46. The maximum Gasteiger partial charge on any atom is 0.214 e. The summed E-state index contributed by atoms with van der Waals surface area (Å²) in [5.41, 5.74) is 5.94. The van der Waals surface area contributed by atoms with Crippen LogP contribution < -0.4 is 5.73 Å². The van der Waals surface area contributed by atoms with Crippen LogP contribution in [-0.4, -0.2) is 37.6 Å². The monoisotopic (exact) mass is 288 g/mol. The highest BCUT2D eigenvalue weighted by Crippen LogP contribution is 2.28. The molecular weight excluding hydrogens is 260 g/mol. The normalized spacial score (nSPS) is 29.3. The third-order valence-corrected chi connectivity index (χ3v) is 6.74. The highest BCUT2D eigenvalue weighted by molar-refractivity contribution is 7.89. The summed E-state index contributed by atoms with van der Waals surface area (Å²) in [6, 6.07) is 0.0904. The number of sulfonamides is 1. The molecule has 0 amide bonds. The van der Waals surface area contributed by atoms with Crippen molar-refractivity contribution in [2.24, 2.45) is 17.6 Å². The fourth-order valence-electron chi connectivity index (χ4n) is 3.41. The van der Waals surface area contributed by atoms with Gasteiger partial charge in [0.05, 0.1) is 5.75 Å². The topological polar surface area (TPSA) is 63.4 Å². The van der Waals surface area contributed by atoms with Crippen LogP contribution in [0.4, 0.5) is 0 Å². The lowest BCUT2D eigenvalue weighted by Gasteiger charge is -2.35. The Hall–Kier alpha value is -0.130. The van der Waals surface area contributed by atoms with Crippen molar-refractivity contribution < 1.29 is 8.42 Å². The average molecular weight is 288 g/mol. The minimum absolute atomic E-state index is 0.0904. The van der Waals surface area contributed by atoms with Gasteiger partial charge >= 0.3 is 0 Å². The van der Waals surface area contributed by atoms with Gasteiger partial charge in [-0.2, -0.15) is 0 Å². The lowest BCUT2D eigenvalue weighted by atomic mass is 9.91. The van der Waals surface area contributed by atoms with E-state index in [0.29, 0.717) is 30.7 Å². The van der Waals surface area contributed by atoms with Crippen LogP contribution in [0.15, 0.2) is 0 Å². The molecule has 4 nitrogen and oxygen atoms in total. The molecule has 5 heteroatoms. The van der Waals surface area contributed by atoms with E-state index in [-0.39, 0.29) is 6.04 Å². The molecule has 2 aliphatic rings. The standard InChI is InChI=1S/C14H28N2O2S/c1-12(15)14-8-5-9-16(10-14)19(17,18)11-13-6-3-2-4-7-13/h12-14H,2-11,15H2,1H3. The predicted molar refractivity (Wildman–Crippen MR) is 78.3 cm³/mol. The molecule has 1 heterocycles. The average Bonchev–Trinajstić information content (AvgIpc) is 2.39. The molecular formula is C14H28N2O2S. The molecule has 2 unspecified atom stereocenters. The van der Waals surface area contributed by atoms with Crippen LogP contribution in [0.1, 0.15) is 51.9 Å². The van der Waals surface area contributed by atoms with Crippen molar-refractivity contribution >= 4 is 10.0 Å². The zero-order chi connectivity index (χ0) is 13.9. The van der Waals surface area contributed by atoms with E-state index in [9.17, 15) is 8.42 Å². The van der Waals surface area contributed by atoms with Gasteiger partial charge in [-0.1, -0.05) is 19.3 Å². The van der Waals surface area contributed by atoms with Crippen molar-refractivity contribution in [2.45, 2.75) is 57.9 Å². The fourth-order valence-corrected chi connectivity index (χ4v) is 5.38. The van der Waals surface area contributed by atoms with Crippen molar-refractivity contribution in [2.75, 3.05) is 18.8 Å². The van der Waals surface area contributed by atoms with E-state index in [4.69, 9.17) is 5.73 Å². The minimum Gasteiger partial charge on any atom is -0.328 e. The Bertz CT molecular complexity index is 375. The molecule has 2 rings (SSSR count). The van der Waals surface area contributed by atoms with Gasteiger partial charge in [0.25, 0.3) is 0 Å². The molecule has 1 saturated carbocycles. The summed E-state index contributed by atoms with van der Waals surface area (Å²) in [5.74, 6) is 1.07. The van der Waals surface area contributed by atoms with Gasteiger partial charge in [0, 0.05) is 19.1 Å². The second kappa shape index (κ2) is 6.55. The number of hydrogen-bond acceptors (Lipinski definition) is 3. The third-order valence-electron chi connectivity index (χ3n) is 4.73. The molecule has 0 spiro atoms. The number of hydrogen-bond donors (Lipinski definition) is 1. The summed E-state index contributed by atoms with van der Waals surface area (Å²) in [6.07, 6.45) is 7.86. The molecule has 0 aromatic rings. The summed E-state index contributed by atoms with van der Waals surface area (Å²) in [4.78, 5) is 0. The summed E-state index contributed by atoms with van der Waals surface area (Å²) in [6.45, 7) is 3.31. The van der Waals surface area contributed by atoms with E-state index in [2.05, 4.69) is 0 Å². The first kappa shape index (κ1) is 15.3. The molecule has 2 atom stereocenters. The minimum atomic E-state index is -3.07. The Morgan fingerprint density at radius 1 is 1.16 bits per heavy atom. The first-order valence-corrected chi connectivity index (χ1v) is 9.33. The molecule has 2 fully saturated rings. The zero-order valence-electron chi connectivity index (χ0n) is 12.1. The summed E-state index contributed by atoms with van der Waals surface area (Å²) in [7, 11) is -3.07. The molecule has 112 valence electrons. The van der Waals surface area contributed by atoms with Crippen LogP contribution in [-0.2, 0) is 10.0 Å². The van der Waals surface area contributed by atoms with Crippen molar-refractivity contribution in [1.29, 1.82) is 0 Å². The zero-order valence-corrected chi connectivity index (χ0v) is 12.9. The van der Waals surface area contributed by atoms with Crippen LogP contribution in [0.25, 0.3) is 0 Å². The van der Waals surface area contributed by atoms with Crippen LogP contribution in [0.5, 0.6) is 0 Å². The summed E-state index contributed by atoms with van der Waals surface area (Å²) in [5, 5.41) is 0. The molecule has 2 N–H and O–H groups in total. The summed E-state index contributed by atoms with van der Waals surface area (Å²) < 4.78 is 26.7. The molecule has 19 heavy (non-hydrogen) atoms. The number of rotatable bonds is 4. The Morgan fingerprint density at radius 3 is 2.47 bits per heavy atom. The van der Waals surface area contributed by atoms with E-state index < -0.39 is 10.0 Å². The maximum atomic E-state index is 12.5. The third kappa shape index (κ3) is 4.17. The Morgan fingerprint density at radius 2 is 1.84 bits per heavy atom. The fraction of sp³-hybridized carbons (Fsp3) is 1.00. The van der Waals surface area contributed by atoms with Gasteiger partial charge in [-0.3, -0.25) is 0 Å². The molecule has 0 radical (unpaired) electrons. The number of nitrogens with two attached hydrogens (primary N) is 1. The number of piperidine rings is 1. The Balaban J connectivity index is 1.94. The number of nitrogens with zero attached hydrogens (tertiary/aromatic N) is 1. The smallest absolute Gasteiger partial charge is 0.214 e. The van der Waals surface area contributed by atoms with Gasteiger partial charge in [0.15, 0.2) is 0 Å². The van der Waals surface area contributed by atoms with E-state index in [0.717, 1.165) is 25.7 Å². The first-order valence-electron chi connectivity index (χ1n) is 7.72. The largest absolute Gasteiger partial charge is 0.328 e. The van der Waals surface area contributed by atoms with Gasteiger partial charge in [-0.05, 0) is 44.4 Å². The van der Waals surface area contributed by atoms with Gasteiger partial charge in [-0.15, -0.1) is 0 Å². The second-order valence-electron chi connectivity index (χ2n) is 6.40. The van der Waals surface area contributed by atoms with E-state index in [1.165, 1.54) is 19.3 Å². The highest BCUT2D eigenvalue weighted by Gasteiger charge is 2.32. The van der Waals surface area contributed by atoms with Crippen molar-refractivity contribution in [3.05, 3.63) is 0 Å². The SMILES string of the molecule is CC(N)C1CCCN(S(=O)(=O)CC2CCCCC2)C1. The van der Waals surface area contributed by atoms with Crippen molar-refractivity contribution in [1.82, 2.24) is 4.31 Å². The Kier molecular flexibility index (Phi) is 5.26. The second-order valence-corrected chi connectivity index (χ2v) is 8.42. The molecule has 1 aliphatic carbocycles. The van der Waals surface area contributed by atoms with E-state index in [1.807, 2.05) is 6.92 Å². The molecule has 0 aromatic carbocycles. The van der Waals surface area contributed by atoms with Crippen molar-refractivity contribution in [3.8, 4) is 0 Å². The molecule has 0 bridgehead atoms. The quantitative estimate of drug-likeness (QED) is 0.860. The van der Waals surface area contributed by atoms with E-state index in [1.54, 1.807) is 4.31 Å². The molecule has 1 saturated heterocycles. The van der Waals surface area contributed by atoms with Crippen LogP contribution in [0.3, 0.4) is 0 Å². The molecule has 0 aromatic heterocycles. The highest BCUT2D eigenvalue weighted by atomic mass is 32.2. The molecule has 1 aliphatic heterocycles. The van der Waals surface area contributed by atoms with Crippen LogP contribution >= 0.6 is 0 Å². The lowest BCUT2D eigenvalue weighted by molar-refractivity contribution is 0.241. The van der Waals surface area contributed by atoms with Crippen LogP contribution in [0, 0.1) is 11.8 Å². The van der Waals surface area contributed by atoms with Gasteiger partial charge < -0.3 is 5.73 Å². The Labute approximate surface area is 117 Å². The first-order chi connectivity index (χ1) is 8.99. The van der Waals surface area contributed by atoms with Gasteiger partial charge in [0.1, 0.15) is 0 Å². The maximum absolute atomic E-state index is 12.5. The summed E-state index contributed by atoms with van der Waals surface area (Å²) >= 11 is 0. The predicted octanol–water partition coefficient (Wildman–Crippen LogP) is 1.96. The van der Waals surface area contributed by atoms with Crippen molar-refractivity contribution in [3.63, 3.8) is 0 Å². The van der Waals surface area contributed by atoms with Gasteiger partial charge in [-0.25, -0.2) is 12.7 Å². The van der Waals surface area contributed by atoms with E-state index >= 15 is 0 Å². The van der Waals surface area contributed by atoms with Crippen LogP contribution in [0.2, 0.25) is 0 Å².